The van der Waals surface area contributed by atoms with Crippen LogP contribution in [-0.2, 0) is 0 Å². The maximum Gasteiger partial charge on any atom is 0.271 e. The van der Waals surface area contributed by atoms with Crippen molar-refractivity contribution >= 4 is 17.3 Å². The maximum absolute atomic E-state index is 12.3. The lowest BCUT2D eigenvalue weighted by molar-refractivity contribution is -0.384. The molecular formula is C19H14N4O3. The second-order valence-corrected chi connectivity index (χ2v) is 5.31. The van der Waals surface area contributed by atoms with Crippen molar-refractivity contribution < 1.29 is 9.72 Å². The third kappa shape index (κ3) is 3.96. The predicted molar refractivity (Wildman–Crippen MR) is 96.9 cm³/mol. The fourth-order valence-electron chi connectivity index (χ4n) is 2.33. The van der Waals surface area contributed by atoms with Gasteiger partial charge in [0.15, 0.2) is 0 Å². The first-order valence-corrected chi connectivity index (χ1v) is 7.73. The molecule has 7 nitrogen and oxygen atoms in total. The number of nitro benzene ring substituents is 1. The molecule has 0 saturated carbocycles. The number of nitrogens with zero attached hydrogens (tertiary/aromatic N) is 3. The number of pyridine rings is 1. The van der Waals surface area contributed by atoms with Crippen molar-refractivity contribution in [3.05, 3.63) is 106 Å². The molecule has 7 heteroatoms. The van der Waals surface area contributed by atoms with Crippen molar-refractivity contribution in [3.8, 4) is 0 Å². The lowest BCUT2D eigenvalue weighted by atomic mass is 10.0. The molecule has 0 spiro atoms. The number of hydrogen-bond donors (Lipinski definition) is 1. The smallest absolute Gasteiger partial charge is 0.267 e. The molecule has 0 bridgehead atoms. The monoisotopic (exact) mass is 346 g/mol. The molecule has 0 aliphatic carbocycles. The summed E-state index contributed by atoms with van der Waals surface area (Å²) in [5.74, 6) is -0.531. The minimum absolute atomic E-state index is 0.154. The van der Waals surface area contributed by atoms with Gasteiger partial charge in [-0.3, -0.25) is 19.9 Å². The Kier molecular flexibility index (Phi) is 5.09. The van der Waals surface area contributed by atoms with Crippen molar-refractivity contribution in [3.63, 3.8) is 0 Å². The van der Waals surface area contributed by atoms with Gasteiger partial charge in [-0.2, -0.15) is 5.10 Å². The van der Waals surface area contributed by atoms with Crippen LogP contribution in [0.5, 0.6) is 0 Å². The van der Waals surface area contributed by atoms with Crippen LogP contribution in [0.15, 0.2) is 84.2 Å². The third-order valence-corrected chi connectivity index (χ3v) is 3.59. The molecule has 2 aromatic carbocycles. The minimum atomic E-state index is -0.549. The molecule has 1 heterocycles. The number of hydrazone groups is 1. The zero-order valence-electron chi connectivity index (χ0n) is 13.6. The second kappa shape index (κ2) is 7.80. The average molecular weight is 346 g/mol. The fourth-order valence-corrected chi connectivity index (χ4v) is 2.33. The van der Waals surface area contributed by atoms with Crippen molar-refractivity contribution in [1.82, 2.24) is 10.4 Å². The SMILES string of the molecule is O=C(N/N=C(/c1ccccc1)c1ccncc1)c1cccc([N+](=O)[O-])c1. The first kappa shape index (κ1) is 17.0. The summed E-state index contributed by atoms with van der Waals surface area (Å²) in [6, 6.07) is 18.4. The van der Waals surface area contributed by atoms with Crippen molar-refractivity contribution in [2.24, 2.45) is 5.10 Å². The van der Waals surface area contributed by atoms with Gasteiger partial charge in [0.25, 0.3) is 11.6 Å². The van der Waals surface area contributed by atoms with Crippen LogP contribution in [0, 0.1) is 10.1 Å². The van der Waals surface area contributed by atoms with Crippen LogP contribution in [0.3, 0.4) is 0 Å². The van der Waals surface area contributed by atoms with Gasteiger partial charge < -0.3 is 0 Å². The molecule has 1 N–H and O–H groups in total. The van der Waals surface area contributed by atoms with E-state index in [0.29, 0.717) is 5.71 Å². The molecule has 26 heavy (non-hydrogen) atoms. The Balaban J connectivity index is 1.91. The molecule has 0 aliphatic rings. The topological polar surface area (TPSA) is 97.5 Å². The largest absolute Gasteiger partial charge is 0.271 e. The lowest BCUT2D eigenvalue weighted by Gasteiger charge is -2.08. The summed E-state index contributed by atoms with van der Waals surface area (Å²) in [6.45, 7) is 0. The van der Waals surface area contributed by atoms with Crippen LogP contribution < -0.4 is 5.43 Å². The normalized spacial score (nSPS) is 11.0. The highest BCUT2D eigenvalue weighted by molar-refractivity contribution is 6.13. The summed E-state index contributed by atoms with van der Waals surface area (Å²) in [7, 11) is 0. The fraction of sp³-hybridized carbons (Fsp3) is 0. The predicted octanol–water partition coefficient (Wildman–Crippen LogP) is 3.17. The van der Waals surface area contributed by atoms with Gasteiger partial charge in [-0.15, -0.1) is 0 Å². The molecule has 3 rings (SSSR count). The number of carbonyl (C=O) groups is 1. The summed E-state index contributed by atoms with van der Waals surface area (Å²) in [5.41, 5.74) is 4.63. The second-order valence-electron chi connectivity index (χ2n) is 5.31. The average Bonchev–Trinajstić information content (AvgIpc) is 2.69. The highest BCUT2D eigenvalue weighted by Crippen LogP contribution is 2.13. The molecule has 128 valence electrons. The summed E-state index contributed by atoms with van der Waals surface area (Å²) in [4.78, 5) is 26.6. The Morgan fingerprint density at radius 1 is 0.923 bits per heavy atom. The number of nitrogens with one attached hydrogen (secondary N) is 1. The zero-order chi connectivity index (χ0) is 18.4. The number of rotatable bonds is 5. The van der Waals surface area contributed by atoms with E-state index in [4.69, 9.17) is 0 Å². The quantitative estimate of drug-likeness (QED) is 0.436. The number of non-ortho nitro benzene ring substituents is 1. The Morgan fingerprint density at radius 3 is 2.27 bits per heavy atom. The first-order valence-electron chi connectivity index (χ1n) is 7.73. The maximum atomic E-state index is 12.3. The van der Waals surface area contributed by atoms with E-state index in [1.807, 2.05) is 30.3 Å². The van der Waals surface area contributed by atoms with E-state index in [1.165, 1.54) is 24.3 Å². The van der Waals surface area contributed by atoms with Gasteiger partial charge >= 0.3 is 0 Å². The molecule has 0 saturated heterocycles. The van der Waals surface area contributed by atoms with Gasteiger partial charge in [0.2, 0.25) is 0 Å². The number of hydrogen-bond acceptors (Lipinski definition) is 5. The Bertz CT molecular complexity index is 915. The van der Waals surface area contributed by atoms with Gasteiger partial charge in [0, 0.05) is 41.2 Å². The molecule has 1 aromatic heterocycles. The van der Waals surface area contributed by atoms with E-state index in [0.717, 1.165) is 11.1 Å². The Morgan fingerprint density at radius 2 is 1.58 bits per heavy atom. The van der Waals surface area contributed by atoms with E-state index in [-0.39, 0.29) is 11.3 Å². The van der Waals surface area contributed by atoms with Crippen LogP contribution >= 0.6 is 0 Å². The van der Waals surface area contributed by atoms with E-state index < -0.39 is 10.8 Å². The minimum Gasteiger partial charge on any atom is -0.267 e. The highest BCUT2D eigenvalue weighted by atomic mass is 16.6. The molecule has 0 unspecified atom stereocenters. The van der Waals surface area contributed by atoms with Gasteiger partial charge in [-0.25, -0.2) is 5.43 Å². The number of carbonyl (C=O) groups excluding carboxylic acids is 1. The molecule has 0 radical (unpaired) electrons. The van der Waals surface area contributed by atoms with E-state index in [9.17, 15) is 14.9 Å². The first-order chi connectivity index (χ1) is 12.6. The van der Waals surface area contributed by atoms with Gasteiger partial charge in [0.05, 0.1) is 10.6 Å². The van der Waals surface area contributed by atoms with Gasteiger partial charge in [-0.1, -0.05) is 36.4 Å². The third-order valence-electron chi connectivity index (χ3n) is 3.59. The van der Waals surface area contributed by atoms with Crippen LogP contribution in [0.1, 0.15) is 21.5 Å². The van der Waals surface area contributed by atoms with Gasteiger partial charge in [-0.05, 0) is 18.2 Å². The van der Waals surface area contributed by atoms with E-state index >= 15 is 0 Å². The van der Waals surface area contributed by atoms with E-state index in [1.54, 1.807) is 24.5 Å². The summed E-state index contributed by atoms with van der Waals surface area (Å²) < 4.78 is 0. The summed E-state index contributed by atoms with van der Waals surface area (Å²) in [5, 5.41) is 15.1. The molecule has 0 fully saturated rings. The van der Waals surface area contributed by atoms with Crippen LogP contribution in [0.2, 0.25) is 0 Å². The van der Waals surface area contributed by atoms with Crippen LogP contribution in [-0.4, -0.2) is 21.5 Å². The van der Waals surface area contributed by atoms with Crippen molar-refractivity contribution in [1.29, 1.82) is 0 Å². The Hall–Kier alpha value is -3.87. The van der Waals surface area contributed by atoms with Crippen molar-refractivity contribution in [2.45, 2.75) is 0 Å². The van der Waals surface area contributed by atoms with Crippen molar-refractivity contribution in [2.75, 3.05) is 0 Å². The molecule has 3 aromatic rings. The van der Waals surface area contributed by atoms with Crippen LogP contribution in [0.4, 0.5) is 5.69 Å². The number of amides is 1. The van der Waals surface area contributed by atoms with E-state index in [2.05, 4.69) is 15.5 Å². The summed E-state index contributed by atoms with van der Waals surface area (Å²) >= 11 is 0. The molecular weight excluding hydrogens is 332 g/mol. The molecule has 1 amide bonds. The molecule has 0 aliphatic heterocycles. The zero-order valence-corrected chi connectivity index (χ0v) is 13.6. The molecule has 0 atom stereocenters. The van der Waals surface area contributed by atoms with Crippen LogP contribution in [0.25, 0.3) is 0 Å². The standard InChI is InChI=1S/C19H14N4O3/c24-19(16-7-4-8-17(13-16)23(25)26)22-21-18(14-5-2-1-3-6-14)15-9-11-20-12-10-15/h1-13H,(H,22,24)/b21-18-. The number of nitro groups is 1. The number of aromatic nitrogens is 1. The lowest BCUT2D eigenvalue weighted by Crippen LogP contribution is -2.20. The Labute approximate surface area is 149 Å². The number of benzene rings is 2. The summed E-state index contributed by atoms with van der Waals surface area (Å²) in [6.07, 6.45) is 3.27. The highest BCUT2D eigenvalue weighted by Gasteiger charge is 2.12. The van der Waals surface area contributed by atoms with Gasteiger partial charge in [0.1, 0.15) is 0 Å².